The van der Waals surface area contributed by atoms with E-state index in [2.05, 4.69) is 10.0 Å². The number of hydrazine groups is 1. The van der Waals surface area contributed by atoms with Crippen LogP contribution in [0, 0.1) is 5.92 Å². The molecule has 2 amide bonds. The second kappa shape index (κ2) is 5.89. The Bertz CT molecular complexity index is 934. The minimum atomic E-state index is -0.865. The van der Waals surface area contributed by atoms with Crippen molar-refractivity contribution in [3.63, 3.8) is 0 Å². The molecule has 0 N–H and O–H groups in total. The number of halogens is 1. The quantitative estimate of drug-likeness (QED) is 0.749. The SMILES string of the molecule is C[C@]12C(=O)N(c3cccc(Cl)c3)C(=O)[C@H]1[C@@H](c1ccccc1)N1CCCN12. The molecule has 138 valence electrons. The van der Waals surface area contributed by atoms with Crippen LogP contribution in [0.3, 0.4) is 0 Å². The summed E-state index contributed by atoms with van der Waals surface area (Å²) in [4.78, 5) is 28.4. The maximum atomic E-state index is 13.5. The number of anilines is 1. The number of benzene rings is 2. The molecule has 3 aliphatic rings. The molecule has 0 bridgehead atoms. The number of hydrogen-bond donors (Lipinski definition) is 0. The monoisotopic (exact) mass is 381 g/mol. The molecule has 5 rings (SSSR count). The lowest BCUT2D eigenvalue weighted by Gasteiger charge is -2.33. The topological polar surface area (TPSA) is 43.9 Å². The number of carbonyl (C=O) groups excluding carboxylic acids is 2. The summed E-state index contributed by atoms with van der Waals surface area (Å²) < 4.78 is 0. The van der Waals surface area contributed by atoms with E-state index < -0.39 is 11.5 Å². The number of carbonyl (C=O) groups is 2. The lowest BCUT2D eigenvalue weighted by atomic mass is 9.81. The van der Waals surface area contributed by atoms with Crippen LogP contribution in [-0.4, -0.2) is 40.5 Å². The molecule has 5 nitrogen and oxygen atoms in total. The van der Waals surface area contributed by atoms with Crippen molar-refractivity contribution in [2.45, 2.75) is 24.9 Å². The third-order valence-electron chi connectivity index (χ3n) is 6.18. The predicted molar refractivity (Wildman–Crippen MR) is 103 cm³/mol. The van der Waals surface area contributed by atoms with Crippen LogP contribution < -0.4 is 4.90 Å². The smallest absolute Gasteiger partial charge is 0.256 e. The average Bonchev–Trinajstić information content (AvgIpc) is 3.28. The highest BCUT2D eigenvalue weighted by Gasteiger charge is 2.70. The molecule has 3 aliphatic heterocycles. The molecule has 0 saturated carbocycles. The van der Waals surface area contributed by atoms with E-state index in [9.17, 15) is 9.59 Å². The van der Waals surface area contributed by atoms with Crippen molar-refractivity contribution < 1.29 is 9.59 Å². The zero-order valence-electron chi connectivity index (χ0n) is 15.0. The van der Waals surface area contributed by atoms with E-state index in [0.29, 0.717) is 10.7 Å². The Hall–Kier alpha value is -2.21. The first-order chi connectivity index (χ1) is 13.0. The van der Waals surface area contributed by atoms with Crippen molar-refractivity contribution in [3.05, 3.63) is 65.2 Å². The van der Waals surface area contributed by atoms with E-state index >= 15 is 0 Å². The van der Waals surface area contributed by atoms with Gasteiger partial charge in [0.2, 0.25) is 5.91 Å². The first-order valence-electron chi connectivity index (χ1n) is 9.26. The summed E-state index contributed by atoms with van der Waals surface area (Å²) in [7, 11) is 0. The number of hydrogen-bond acceptors (Lipinski definition) is 4. The molecule has 0 aromatic heterocycles. The van der Waals surface area contributed by atoms with Crippen LogP contribution in [-0.2, 0) is 9.59 Å². The van der Waals surface area contributed by atoms with Crippen molar-refractivity contribution in [2.75, 3.05) is 18.0 Å². The van der Waals surface area contributed by atoms with E-state index in [1.165, 1.54) is 4.90 Å². The molecule has 3 fully saturated rings. The first-order valence-corrected chi connectivity index (χ1v) is 9.64. The Morgan fingerprint density at radius 3 is 2.56 bits per heavy atom. The Labute approximate surface area is 163 Å². The van der Waals surface area contributed by atoms with Crippen molar-refractivity contribution in [3.8, 4) is 0 Å². The van der Waals surface area contributed by atoms with Gasteiger partial charge >= 0.3 is 0 Å². The van der Waals surface area contributed by atoms with E-state index in [0.717, 1.165) is 25.1 Å². The zero-order chi connectivity index (χ0) is 18.8. The molecule has 0 radical (unpaired) electrons. The largest absolute Gasteiger partial charge is 0.274 e. The molecule has 0 unspecified atom stereocenters. The summed E-state index contributed by atoms with van der Waals surface area (Å²) in [6.07, 6.45) is 0.990. The van der Waals surface area contributed by atoms with Crippen LogP contribution in [0.4, 0.5) is 5.69 Å². The molecular formula is C21H20ClN3O2. The van der Waals surface area contributed by atoms with Crippen LogP contribution in [0.1, 0.15) is 24.9 Å². The molecule has 0 aliphatic carbocycles. The van der Waals surface area contributed by atoms with E-state index in [-0.39, 0.29) is 17.9 Å². The first kappa shape index (κ1) is 16.9. The summed E-state index contributed by atoms with van der Waals surface area (Å²) >= 11 is 6.12. The number of rotatable bonds is 2. The predicted octanol–water partition coefficient (Wildman–Crippen LogP) is 3.27. The lowest BCUT2D eigenvalue weighted by Crippen LogP contribution is -2.52. The number of nitrogens with zero attached hydrogens (tertiary/aromatic N) is 3. The van der Waals surface area contributed by atoms with Crippen LogP contribution in [0.5, 0.6) is 0 Å². The highest BCUT2D eigenvalue weighted by Crippen LogP contribution is 2.54. The number of imide groups is 1. The van der Waals surface area contributed by atoms with E-state index in [4.69, 9.17) is 11.6 Å². The maximum absolute atomic E-state index is 13.5. The highest BCUT2D eigenvalue weighted by atomic mass is 35.5. The van der Waals surface area contributed by atoms with E-state index in [1.54, 1.807) is 24.3 Å². The van der Waals surface area contributed by atoms with E-state index in [1.807, 2.05) is 37.3 Å². The molecule has 3 saturated heterocycles. The van der Waals surface area contributed by atoms with Gasteiger partial charge in [0.05, 0.1) is 17.6 Å². The molecule has 27 heavy (non-hydrogen) atoms. The number of amides is 2. The molecule has 6 heteroatoms. The summed E-state index contributed by atoms with van der Waals surface area (Å²) in [5, 5.41) is 4.86. The van der Waals surface area contributed by atoms with Crippen molar-refractivity contribution >= 4 is 29.1 Å². The van der Waals surface area contributed by atoms with Gasteiger partial charge in [0.1, 0.15) is 5.54 Å². The van der Waals surface area contributed by atoms with Gasteiger partial charge in [-0.05, 0) is 37.1 Å². The fourth-order valence-corrected chi connectivity index (χ4v) is 5.20. The maximum Gasteiger partial charge on any atom is 0.256 e. The van der Waals surface area contributed by atoms with Gasteiger partial charge in [-0.2, -0.15) is 0 Å². The van der Waals surface area contributed by atoms with Gasteiger partial charge in [-0.15, -0.1) is 0 Å². The van der Waals surface area contributed by atoms with Gasteiger partial charge in [0.25, 0.3) is 5.91 Å². The Morgan fingerprint density at radius 2 is 1.81 bits per heavy atom. The van der Waals surface area contributed by atoms with Gasteiger partial charge in [-0.25, -0.2) is 14.9 Å². The molecule has 2 aromatic rings. The van der Waals surface area contributed by atoms with Crippen molar-refractivity contribution in [1.29, 1.82) is 0 Å². The third-order valence-corrected chi connectivity index (χ3v) is 6.41. The van der Waals surface area contributed by atoms with Crippen LogP contribution in [0.15, 0.2) is 54.6 Å². The second-order valence-corrected chi connectivity index (χ2v) is 8.02. The minimum absolute atomic E-state index is 0.126. The third kappa shape index (κ3) is 2.19. The zero-order valence-corrected chi connectivity index (χ0v) is 15.8. The Kier molecular flexibility index (Phi) is 3.69. The lowest BCUT2D eigenvalue weighted by molar-refractivity contribution is -0.131. The molecule has 3 atom stereocenters. The Morgan fingerprint density at radius 1 is 1.04 bits per heavy atom. The van der Waals surface area contributed by atoms with Crippen molar-refractivity contribution in [2.24, 2.45) is 5.92 Å². The summed E-state index contributed by atoms with van der Waals surface area (Å²) in [6, 6.07) is 16.9. The summed E-state index contributed by atoms with van der Waals surface area (Å²) in [5.74, 6) is -0.746. The molecular weight excluding hydrogens is 362 g/mol. The van der Waals surface area contributed by atoms with Crippen LogP contribution >= 0.6 is 11.6 Å². The van der Waals surface area contributed by atoms with Crippen LogP contribution in [0.25, 0.3) is 0 Å². The van der Waals surface area contributed by atoms with Gasteiger partial charge in [-0.3, -0.25) is 9.59 Å². The fraction of sp³-hybridized carbons (Fsp3) is 0.333. The van der Waals surface area contributed by atoms with Crippen LogP contribution in [0.2, 0.25) is 5.02 Å². The van der Waals surface area contributed by atoms with Gasteiger partial charge in [-0.1, -0.05) is 48.0 Å². The summed E-state index contributed by atoms with van der Waals surface area (Å²) in [6.45, 7) is 3.58. The second-order valence-electron chi connectivity index (χ2n) is 7.58. The molecule has 2 aromatic carbocycles. The molecule has 3 heterocycles. The fourth-order valence-electron chi connectivity index (χ4n) is 5.02. The Balaban J connectivity index is 1.65. The number of fused-ring (bicyclic) bond motifs is 3. The van der Waals surface area contributed by atoms with Gasteiger partial charge < -0.3 is 0 Å². The van der Waals surface area contributed by atoms with Gasteiger partial charge in [0, 0.05) is 18.1 Å². The normalized spacial score (nSPS) is 30.8. The highest BCUT2D eigenvalue weighted by molar-refractivity contribution is 6.31. The van der Waals surface area contributed by atoms with Crippen molar-refractivity contribution in [1.82, 2.24) is 10.0 Å². The average molecular weight is 382 g/mol. The molecule has 0 spiro atoms. The summed E-state index contributed by atoms with van der Waals surface area (Å²) in [5.41, 5.74) is 0.758. The minimum Gasteiger partial charge on any atom is -0.274 e. The van der Waals surface area contributed by atoms with Gasteiger partial charge in [0.15, 0.2) is 0 Å². The standard InChI is InChI=1S/C21H20ClN3O2/c1-21-17(19(26)25(20(21)27)16-10-5-9-15(22)13-16)18(14-7-3-2-4-8-14)23-11-6-12-24(21)23/h2-5,7-10,13,17-18H,6,11-12H2,1H3/t17-,18-,21-/m1/s1.